The Kier molecular flexibility index (Phi) is 5.10. The van der Waals surface area contributed by atoms with E-state index in [0.717, 1.165) is 28.4 Å². The summed E-state index contributed by atoms with van der Waals surface area (Å²) in [4.78, 5) is 42.1. The number of nitrogens with zero attached hydrogens (tertiary/aromatic N) is 2. The Balaban J connectivity index is 1.51. The number of imide groups is 1. The maximum atomic E-state index is 12.9. The van der Waals surface area contributed by atoms with Gasteiger partial charge >= 0.3 is 6.18 Å². The predicted molar refractivity (Wildman–Crippen MR) is 108 cm³/mol. The lowest BCUT2D eigenvalue weighted by atomic mass is 10.00. The minimum Gasteiger partial charge on any atom is -0.302 e. The van der Waals surface area contributed by atoms with Gasteiger partial charge in [-0.3, -0.25) is 19.3 Å². The molecule has 158 valence electrons. The number of hydrogen-bond donors (Lipinski definition) is 1. The molecule has 3 amide bonds. The summed E-state index contributed by atoms with van der Waals surface area (Å²) in [7, 11) is 1.37. The smallest absolute Gasteiger partial charge is 0.302 e. The van der Waals surface area contributed by atoms with E-state index in [9.17, 15) is 27.6 Å². The monoisotopic (exact) mass is 445 g/mol. The lowest BCUT2D eigenvalue weighted by molar-refractivity contribution is -0.137. The molecule has 31 heavy (non-hydrogen) atoms. The van der Waals surface area contributed by atoms with Crippen LogP contribution in [0, 0.1) is 0 Å². The van der Waals surface area contributed by atoms with E-state index in [2.05, 4.69) is 10.3 Å². The zero-order valence-electron chi connectivity index (χ0n) is 16.0. The van der Waals surface area contributed by atoms with Gasteiger partial charge in [-0.05, 0) is 23.8 Å². The van der Waals surface area contributed by atoms with Crippen molar-refractivity contribution in [1.82, 2.24) is 9.88 Å². The number of alkyl halides is 3. The third-order valence-electron chi connectivity index (χ3n) is 4.79. The summed E-state index contributed by atoms with van der Waals surface area (Å²) in [5.41, 5.74) is 0.653. The molecular weight excluding hydrogens is 431 g/mol. The number of halogens is 3. The normalized spacial score (nSPS) is 13.5. The quantitative estimate of drug-likeness (QED) is 0.610. The van der Waals surface area contributed by atoms with Crippen molar-refractivity contribution in [3.63, 3.8) is 0 Å². The number of nitrogens with one attached hydrogen (secondary N) is 1. The van der Waals surface area contributed by atoms with Crippen molar-refractivity contribution in [2.45, 2.75) is 12.6 Å². The summed E-state index contributed by atoms with van der Waals surface area (Å²) in [6, 6.07) is 9.49. The van der Waals surface area contributed by atoms with Gasteiger partial charge in [-0.2, -0.15) is 13.2 Å². The van der Waals surface area contributed by atoms with Crippen LogP contribution >= 0.6 is 11.3 Å². The van der Waals surface area contributed by atoms with Crippen LogP contribution in [0.5, 0.6) is 0 Å². The van der Waals surface area contributed by atoms with Crippen molar-refractivity contribution in [1.29, 1.82) is 0 Å². The first kappa shape index (κ1) is 20.7. The predicted octanol–water partition coefficient (Wildman–Crippen LogP) is 4.24. The molecule has 1 aliphatic heterocycles. The number of benzene rings is 2. The van der Waals surface area contributed by atoms with Crippen LogP contribution in [0.3, 0.4) is 0 Å². The fraction of sp³-hybridized carbons (Fsp3) is 0.143. The highest BCUT2D eigenvalue weighted by Crippen LogP contribution is 2.33. The van der Waals surface area contributed by atoms with E-state index in [0.29, 0.717) is 11.3 Å². The minimum absolute atomic E-state index is 0.158. The Morgan fingerprint density at radius 1 is 1.13 bits per heavy atom. The number of amides is 3. The van der Waals surface area contributed by atoms with Gasteiger partial charge in [-0.25, -0.2) is 4.98 Å². The second-order valence-corrected chi connectivity index (χ2v) is 7.71. The molecule has 0 saturated heterocycles. The number of carbonyl (C=O) groups excluding carboxylic acids is 3. The Morgan fingerprint density at radius 3 is 2.61 bits per heavy atom. The number of hydrogen-bond acceptors (Lipinski definition) is 5. The first-order valence-corrected chi connectivity index (χ1v) is 9.90. The van der Waals surface area contributed by atoms with Crippen molar-refractivity contribution in [3.05, 3.63) is 70.1 Å². The van der Waals surface area contributed by atoms with Crippen molar-refractivity contribution < 1.29 is 27.6 Å². The first-order chi connectivity index (χ1) is 14.6. The molecule has 0 atom stereocenters. The summed E-state index contributed by atoms with van der Waals surface area (Å²) in [5.74, 6) is -1.36. The summed E-state index contributed by atoms with van der Waals surface area (Å²) in [6.45, 7) is 0. The number of thiazole rings is 1. The Morgan fingerprint density at radius 2 is 1.87 bits per heavy atom. The van der Waals surface area contributed by atoms with E-state index >= 15 is 0 Å². The first-order valence-electron chi connectivity index (χ1n) is 9.02. The molecule has 6 nitrogen and oxygen atoms in total. The van der Waals surface area contributed by atoms with Crippen LogP contribution in [0.2, 0.25) is 0 Å². The highest BCUT2D eigenvalue weighted by atomic mass is 32.1. The molecule has 2 heterocycles. The van der Waals surface area contributed by atoms with Gasteiger partial charge in [0.15, 0.2) is 5.13 Å². The fourth-order valence-electron chi connectivity index (χ4n) is 3.27. The topological polar surface area (TPSA) is 79.4 Å². The molecular formula is C21H14F3N3O3S. The van der Waals surface area contributed by atoms with Crippen LogP contribution in [0.15, 0.2) is 47.8 Å². The summed E-state index contributed by atoms with van der Waals surface area (Å²) in [6.07, 6.45) is -4.62. The zero-order chi connectivity index (χ0) is 22.3. The van der Waals surface area contributed by atoms with E-state index in [1.54, 1.807) is 17.5 Å². The maximum Gasteiger partial charge on any atom is 0.416 e. The number of fused-ring (bicyclic) bond motifs is 1. The van der Waals surface area contributed by atoms with Gasteiger partial charge in [0, 0.05) is 18.0 Å². The van der Waals surface area contributed by atoms with E-state index < -0.39 is 29.5 Å². The van der Waals surface area contributed by atoms with Crippen molar-refractivity contribution >= 4 is 34.2 Å². The molecule has 2 aromatic carbocycles. The SMILES string of the molecule is CN1C(=O)c2cccc(CC(=O)Nc3nc(-c4cccc(C(F)(F)F)c4)cs3)c2C1=O. The zero-order valence-corrected chi connectivity index (χ0v) is 16.8. The maximum absolute atomic E-state index is 12.9. The minimum atomic E-state index is -4.47. The Hall–Kier alpha value is -3.53. The van der Waals surface area contributed by atoms with E-state index in [4.69, 9.17) is 0 Å². The van der Waals surface area contributed by atoms with Gasteiger partial charge in [0.05, 0.1) is 28.8 Å². The molecule has 3 aromatic rings. The average molecular weight is 445 g/mol. The molecule has 10 heteroatoms. The Labute approximate surface area is 178 Å². The van der Waals surface area contributed by atoms with Crippen LogP contribution in [-0.2, 0) is 17.4 Å². The van der Waals surface area contributed by atoms with E-state index in [-0.39, 0.29) is 28.2 Å². The van der Waals surface area contributed by atoms with Gasteiger partial charge in [0.2, 0.25) is 5.91 Å². The van der Waals surface area contributed by atoms with Crippen LogP contribution in [0.1, 0.15) is 31.8 Å². The molecule has 4 rings (SSSR count). The van der Waals surface area contributed by atoms with Crippen molar-refractivity contribution in [2.75, 3.05) is 12.4 Å². The summed E-state index contributed by atoms with van der Waals surface area (Å²) < 4.78 is 38.7. The fourth-order valence-corrected chi connectivity index (χ4v) is 4.01. The van der Waals surface area contributed by atoms with Crippen molar-refractivity contribution in [3.8, 4) is 11.3 Å². The summed E-state index contributed by atoms with van der Waals surface area (Å²) in [5, 5.41) is 4.35. The van der Waals surface area contributed by atoms with Gasteiger partial charge in [0.1, 0.15) is 0 Å². The highest BCUT2D eigenvalue weighted by Gasteiger charge is 2.35. The molecule has 1 N–H and O–H groups in total. The van der Waals surface area contributed by atoms with Gasteiger partial charge in [-0.15, -0.1) is 11.3 Å². The van der Waals surface area contributed by atoms with Crippen molar-refractivity contribution in [2.24, 2.45) is 0 Å². The van der Waals surface area contributed by atoms with Gasteiger partial charge in [0.25, 0.3) is 11.8 Å². The third-order valence-corrected chi connectivity index (χ3v) is 5.55. The van der Waals surface area contributed by atoms with Crippen LogP contribution in [0.4, 0.5) is 18.3 Å². The second kappa shape index (κ2) is 7.62. The molecule has 1 aliphatic rings. The molecule has 0 saturated carbocycles. The molecule has 0 aliphatic carbocycles. The summed E-state index contributed by atoms with van der Waals surface area (Å²) >= 11 is 1.07. The number of anilines is 1. The lowest BCUT2D eigenvalue weighted by Crippen LogP contribution is -2.24. The molecule has 0 bridgehead atoms. The molecule has 0 fully saturated rings. The van der Waals surface area contributed by atoms with Gasteiger partial charge < -0.3 is 5.32 Å². The van der Waals surface area contributed by atoms with Crippen LogP contribution in [-0.4, -0.2) is 34.7 Å². The van der Waals surface area contributed by atoms with E-state index in [1.165, 1.54) is 25.2 Å². The molecule has 0 spiro atoms. The van der Waals surface area contributed by atoms with Crippen LogP contribution < -0.4 is 5.32 Å². The largest absolute Gasteiger partial charge is 0.416 e. The highest BCUT2D eigenvalue weighted by molar-refractivity contribution is 7.14. The molecule has 0 unspecified atom stereocenters. The lowest BCUT2D eigenvalue weighted by Gasteiger charge is -2.07. The third kappa shape index (κ3) is 3.93. The number of carbonyl (C=O) groups is 3. The molecule has 0 radical (unpaired) electrons. The Bertz CT molecular complexity index is 1220. The van der Waals surface area contributed by atoms with Gasteiger partial charge in [-0.1, -0.05) is 24.3 Å². The standard InChI is InChI=1S/C21H14F3N3O3S/c1-27-18(29)14-7-3-5-12(17(14)19(27)30)9-16(28)26-20-25-15(10-31-20)11-4-2-6-13(8-11)21(22,23)24/h2-8,10H,9H2,1H3,(H,25,26,28). The number of aromatic nitrogens is 1. The second-order valence-electron chi connectivity index (χ2n) is 6.85. The molecule has 1 aromatic heterocycles. The van der Waals surface area contributed by atoms with E-state index in [1.807, 2.05) is 0 Å². The number of rotatable bonds is 4. The average Bonchev–Trinajstić information content (AvgIpc) is 3.27. The van der Waals surface area contributed by atoms with Crippen LogP contribution in [0.25, 0.3) is 11.3 Å².